The van der Waals surface area contributed by atoms with Crippen LogP contribution in [-0.4, -0.2) is 32.3 Å². The van der Waals surface area contributed by atoms with Gasteiger partial charge in [0.2, 0.25) is 5.91 Å². The second kappa shape index (κ2) is 9.08. The van der Waals surface area contributed by atoms with E-state index < -0.39 is 0 Å². The molecule has 0 spiro atoms. The van der Waals surface area contributed by atoms with E-state index in [0.29, 0.717) is 37.3 Å². The first-order valence-corrected chi connectivity index (χ1v) is 6.57. The van der Waals surface area contributed by atoms with Gasteiger partial charge in [-0.15, -0.1) is 0 Å². The molecule has 0 fully saturated rings. The maximum absolute atomic E-state index is 11.8. The van der Waals surface area contributed by atoms with Crippen molar-refractivity contribution >= 4 is 11.6 Å². The maximum atomic E-state index is 11.8. The van der Waals surface area contributed by atoms with Crippen molar-refractivity contribution in [3.63, 3.8) is 0 Å². The van der Waals surface area contributed by atoms with Crippen LogP contribution in [-0.2, 0) is 14.3 Å². The minimum Gasteiger partial charge on any atom is -0.382 e. The van der Waals surface area contributed by atoms with Crippen LogP contribution in [0.1, 0.15) is 25.3 Å². The third kappa shape index (κ3) is 5.83. The van der Waals surface area contributed by atoms with Gasteiger partial charge in [0.25, 0.3) is 0 Å². The first-order valence-electron chi connectivity index (χ1n) is 6.57. The van der Waals surface area contributed by atoms with Crippen LogP contribution >= 0.6 is 0 Å². The summed E-state index contributed by atoms with van der Waals surface area (Å²) in [6.45, 7) is 2.98. The molecule has 5 nitrogen and oxygen atoms in total. The van der Waals surface area contributed by atoms with Gasteiger partial charge in [0.15, 0.2) is 0 Å². The molecule has 1 rings (SSSR count). The number of rotatable bonds is 8. The topological polar surface area (TPSA) is 71.3 Å². The van der Waals surface area contributed by atoms with Gasteiger partial charge < -0.3 is 14.8 Å². The Morgan fingerprint density at radius 3 is 2.90 bits per heavy atom. The molecule has 0 aliphatic rings. The van der Waals surface area contributed by atoms with Gasteiger partial charge >= 0.3 is 0 Å². The Morgan fingerprint density at radius 1 is 1.45 bits per heavy atom. The highest BCUT2D eigenvalue weighted by molar-refractivity contribution is 5.92. The smallest absolute Gasteiger partial charge is 0.224 e. The number of carbonyl (C=O) groups is 1. The van der Waals surface area contributed by atoms with Gasteiger partial charge in [-0.2, -0.15) is 5.26 Å². The van der Waals surface area contributed by atoms with E-state index in [1.54, 1.807) is 31.4 Å². The van der Waals surface area contributed by atoms with Crippen molar-refractivity contribution in [1.29, 1.82) is 5.26 Å². The Morgan fingerprint density at radius 2 is 2.20 bits per heavy atom. The number of ether oxygens (including phenoxy) is 2. The number of hydrogen-bond donors (Lipinski definition) is 1. The highest BCUT2D eigenvalue weighted by atomic mass is 16.5. The normalized spacial score (nSPS) is 11.7. The van der Waals surface area contributed by atoms with Crippen LogP contribution in [0.4, 0.5) is 5.69 Å². The maximum Gasteiger partial charge on any atom is 0.224 e. The first kappa shape index (κ1) is 16.2. The van der Waals surface area contributed by atoms with E-state index in [9.17, 15) is 4.79 Å². The molecule has 0 bridgehead atoms. The molecule has 1 N–H and O–H groups in total. The third-order valence-electron chi connectivity index (χ3n) is 2.67. The molecular weight excluding hydrogens is 256 g/mol. The fourth-order valence-electron chi connectivity index (χ4n) is 1.70. The van der Waals surface area contributed by atoms with Gasteiger partial charge in [0.05, 0.1) is 24.0 Å². The summed E-state index contributed by atoms with van der Waals surface area (Å²) < 4.78 is 10.4. The van der Waals surface area contributed by atoms with Crippen molar-refractivity contribution in [3.8, 4) is 6.07 Å². The van der Waals surface area contributed by atoms with Crippen LogP contribution in [0, 0.1) is 11.3 Å². The van der Waals surface area contributed by atoms with Crippen molar-refractivity contribution in [2.75, 3.05) is 25.6 Å². The predicted octanol–water partition coefficient (Wildman–Crippen LogP) is 2.33. The second-order valence-electron chi connectivity index (χ2n) is 4.45. The number of nitrogens with zero attached hydrogens (tertiary/aromatic N) is 1. The van der Waals surface area contributed by atoms with Crippen molar-refractivity contribution in [2.45, 2.75) is 25.9 Å². The summed E-state index contributed by atoms with van der Waals surface area (Å²) in [5, 5.41) is 11.7. The van der Waals surface area contributed by atoms with Crippen molar-refractivity contribution in [2.24, 2.45) is 0 Å². The Kier molecular flexibility index (Phi) is 7.33. The molecule has 0 aliphatic heterocycles. The monoisotopic (exact) mass is 276 g/mol. The number of anilines is 1. The highest BCUT2D eigenvalue weighted by Gasteiger charge is 2.07. The minimum absolute atomic E-state index is 0.0300. The number of amides is 1. The van der Waals surface area contributed by atoms with Crippen LogP contribution in [0.2, 0.25) is 0 Å². The van der Waals surface area contributed by atoms with Gasteiger partial charge in [0, 0.05) is 20.1 Å². The Balaban J connectivity index is 2.29. The van der Waals surface area contributed by atoms with Crippen LogP contribution in [0.15, 0.2) is 24.3 Å². The lowest BCUT2D eigenvalue weighted by atomic mass is 10.2. The van der Waals surface area contributed by atoms with E-state index in [2.05, 4.69) is 5.32 Å². The number of hydrogen-bond acceptors (Lipinski definition) is 4. The van der Waals surface area contributed by atoms with E-state index >= 15 is 0 Å². The van der Waals surface area contributed by atoms with Gasteiger partial charge in [-0.1, -0.05) is 12.1 Å². The van der Waals surface area contributed by atoms with Crippen molar-refractivity contribution in [1.82, 2.24) is 0 Å². The third-order valence-corrected chi connectivity index (χ3v) is 2.67. The fraction of sp³-hybridized carbons (Fsp3) is 0.467. The summed E-state index contributed by atoms with van der Waals surface area (Å²) in [6.07, 6.45) is 1.02. The molecule has 1 aromatic rings. The van der Waals surface area contributed by atoms with E-state index in [-0.39, 0.29) is 12.0 Å². The van der Waals surface area contributed by atoms with Gasteiger partial charge in [-0.05, 0) is 25.5 Å². The average molecular weight is 276 g/mol. The molecule has 108 valence electrons. The molecule has 1 atom stereocenters. The lowest BCUT2D eigenvalue weighted by Crippen LogP contribution is -2.17. The zero-order valence-electron chi connectivity index (χ0n) is 11.9. The van der Waals surface area contributed by atoms with Gasteiger partial charge in [-0.3, -0.25) is 4.79 Å². The number of carbonyl (C=O) groups excluding carboxylic acids is 1. The summed E-state index contributed by atoms with van der Waals surface area (Å²) in [7, 11) is 1.62. The SMILES string of the molecule is COCC(C)OCCCC(=O)Nc1ccccc1C#N. The number of nitrogens with one attached hydrogen (secondary N) is 1. The van der Waals surface area contributed by atoms with E-state index in [1.165, 1.54) is 0 Å². The summed E-state index contributed by atoms with van der Waals surface area (Å²) in [5.41, 5.74) is 1.01. The quantitative estimate of drug-likeness (QED) is 0.740. The van der Waals surface area contributed by atoms with Crippen molar-refractivity contribution < 1.29 is 14.3 Å². The van der Waals surface area contributed by atoms with Gasteiger partial charge in [0.1, 0.15) is 6.07 Å². The van der Waals surface area contributed by atoms with Crippen LogP contribution in [0.25, 0.3) is 0 Å². The Hall–Kier alpha value is -1.90. The predicted molar refractivity (Wildman–Crippen MR) is 76.3 cm³/mol. The molecule has 1 unspecified atom stereocenters. The molecule has 5 heteroatoms. The highest BCUT2D eigenvalue weighted by Crippen LogP contribution is 2.13. The number of para-hydroxylation sites is 1. The lowest BCUT2D eigenvalue weighted by molar-refractivity contribution is -0.116. The second-order valence-corrected chi connectivity index (χ2v) is 4.45. The molecule has 1 amide bonds. The van der Waals surface area contributed by atoms with Crippen LogP contribution in [0.3, 0.4) is 0 Å². The van der Waals surface area contributed by atoms with Crippen LogP contribution < -0.4 is 5.32 Å². The summed E-state index contributed by atoms with van der Waals surface area (Å²) in [5.74, 6) is -0.115. The summed E-state index contributed by atoms with van der Waals surface area (Å²) >= 11 is 0. The molecule has 0 aromatic heterocycles. The standard InChI is InChI=1S/C15H20N2O3/c1-12(11-19-2)20-9-5-8-15(18)17-14-7-4-3-6-13(14)10-16/h3-4,6-7,12H,5,8-9,11H2,1-2H3,(H,17,18). The fourth-order valence-corrected chi connectivity index (χ4v) is 1.70. The number of nitriles is 1. The molecule has 0 saturated carbocycles. The zero-order valence-corrected chi connectivity index (χ0v) is 11.9. The molecular formula is C15H20N2O3. The van der Waals surface area contributed by atoms with Crippen molar-refractivity contribution in [3.05, 3.63) is 29.8 Å². The van der Waals surface area contributed by atoms with E-state index in [4.69, 9.17) is 14.7 Å². The van der Waals surface area contributed by atoms with E-state index in [1.807, 2.05) is 13.0 Å². The van der Waals surface area contributed by atoms with Gasteiger partial charge in [-0.25, -0.2) is 0 Å². The zero-order chi connectivity index (χ0) is 14.8. The molecule has 20 heavy (non-hydrogen) atoms. The molecule has 0 saturated heterocycles. The van der Waals surface area contributed by atoms with Crippen LogP contribution in [0.5, 0.6) is 0 Å². The Bertz CT molecular complexity index is 468. The number of benzene rings is 1. The summed E-state index contributed by atoms with van der Waals surface area (Å²) in [4.78, 5) is 11.8. The largest absolute Gasteiger partial charge is 0.382 e. The minimum atomic E-state index is -0.115. The molecule has 1 aromatic carbocycles. The van der Waals surface area contributed by atoms with E-state index in [0.717, 1.165) is 0 Å². The summed E-state index contributed by atoms with van der Waals surface area (Å²) in [6, 6.07) is 8.98. The first-order chi connectivity index (χ1) is 9.67. The molecule has 0 heterocycles. The Labute approximate surface area is 119 Å². The number of methoxy groups -OCH3 is 1. The average Bonchev–Trinajstić information content (AvgIpc) is 2.44. The lowest BCUT2D eigenvalue weighted by Gasteiger charge is -2.11. The molecule has 0 aliphatic carbocycles. The molecule has 0 radical (unpaired) electrons.